The Hall–Kier alpha value is -0.780. The number of likely N-dealkylation sites (tertiary alicyclic amines) is 1. The molecular weight excluding hydrogens is 271 g/mol. The predicted molar refractivity (Wildman–Crippen MR) is 68.4 cm³/mol. The lowest BCUT2D eigenvalue weighted by atomic mass is 9.81. The summed E-state index contributed by atoms with van der Waals surface area (Å²) < 4.78 is 39.5. The molecule has 2 aliphatic rings. The van der Waals surface area contributed by atoms with Crippen LogP contribution in [0.4, 0.5) is 13.2 Å². The minimum absolute atomic E-state index is 0.123. The zero-order chi connectivity index (χ0) is 15.0. The Morgan fingerprint density at radius 1 is 1.35 bits per heavy atom. The van der Waals surface area contributed by atoms with E-state index in [-0.39, 0.29) is 25.6 Å². The van der Waals surface area contributed by atoms with Gasteiger partial charge in [-0.05, 0) is 31.7 Å². The third-order valence-corrected chi connectivity index (χ3v) is 5.11. The van der Waals surface area contributed by atoms with Gasteiger partial charge in [0.15, 0.2) is 5.41 Å². The first-order valence-corrected chi connectivity index (χ1v) is 7.36. The molecule has 1 aliphatic carbocycles. The van der Waals surface area contributed by atoms with Gasteiger partial charge in [-0.15, -0.1) is 0 Å². The van der Waals surface area contributed by atoms with Gasteiger partial charge in [-0.2, -0.15) is 13.2 Å². The van der Waals surface area contributed by atoms with Crippen LogP contribution in [0.15, 0.2) is 0 Å². The molecule has 1 aliphatic heterocycles. The van der Waals surface area contributed by atoms with Gasteiger partial charge in [0.1, 0.15) is 0 Å². The molecular formula is C14H22F3NO2. The maximum absolute atomic E-state index is 13.2. The van der Waals surface area contributed by atoms with E-state index in [4.69, 9.17) is 5.11 Å². The quantitative estimate of drug-likeness (QED) is 0.868. The Labute approximate surface area is 117 Å². The Morgan fingerprint density at radius 3 is 2.50 bits per heavy atom. The number of carbonyl (C=O) groups is 1. The summed E-state index contributed by atoms with van der Waals surface area (Å²) >= 11 is 0. The van der Waals surface area contributed by atoms with E-state index in [1.165, 1.54) is 0 Å². The van der Waals surface area contributed by atoms with Gasteiger partial charge >= 0.3 is 12.1 Å². The van der Waals surface area contributed by atoms with E-state index in [2.05, 4.69) is 6.92 Å². The van der Waals surface area contributed by atoms with Crippen molar-refractivity contribution in [1.82, 2.24) is 4.90 Å². The van der Waals surface area contributed by atoms with Gasteiger partial charge < -0.3 is 5.11 Å². The average molecular weight is 293 g/mol. The minimum Gasteiger partial charge on any atom is -0.481 e. The lowest BCUT2D eigenvalue weighted by Gasteiger charge is -2.38. The Bertz CT molecular complexity index is 372. The first-order chi connectivity index (χ1) is 9.32. The second-order valence-electron chi connectivity index (χ2n) is 6.13. The smallest absolute Gasteiger partial charge is 0.406 e. The molecule has 20 heavy (non-hydrogen) atoms. The van der Waals surface area contributed by atoms with E-state index in [1.54, 1.807) is 4.90 Å². The molecule has 116 valence electrons. The summed E-state index contributed by atoms with van der Waals surface area (Å²) in [5.74, 6) is -1.32. The van der Waals surface area contributed by atoms with Gasteiger partial charge in [0.05, 0.1) is 0 Å². The van der Waals surface area contributed by atoms with Crippen molar-refractivity contribution in [2.75, 3.05) is 13.1 Å². The first kappa shape index (κ1) is 15.6. The second kappa shape index (κ2) is 5.54. The highest BCUT2D eigenvalue weighted by molar-refractivity contribution is 5.76. The van der Waals surface area contributed by atoms with Crippen molar-refractivity contribution in [3.8, 4) is 0 Å². The molecule has 0 radical (unpaired) electrons. The van der Waals surface area contributed by atoms with Crippen LogP contribution in [0.1, 0.15) is 45.4 Å². The van der Waals surface area contributed by atoms with Crippen molar-refractivity contribution in [1.29, 1.82) is 0 Å². The Morgan fingerprint density at radius 2 is 2.00 bits per heavy atom. The van der Waals surface area contributed by atoms with Crippen LogP contribution in [0.25, 0.3) is 0 Å². The number of aliphatic carboxylic acids is 1. The monoisotopic (exact) mass is 293 g/mol. The van der Waals surface area contributed by atoms with Crippen LogP contribution >= 0.6 is 0 Å². The fraction of sp³-hybridized carbons (Fsp3) is 0.929. The van der Waals surface area contributed by atoms with E-state index >= 15 is 0 Å². The number of alkyl halides is 3. The molecule has 2 rings (SSSR count). The van der Waals surface area contributed by atoms with Crippen molar-refractivity contribution in [2.45, 2.75) is 57.7 Å². The molecule has 1 N–H and O–H groups in total. The van der Waals surface area contributed by atoms with Crippen LogP contribution in [0.5, 0.6) is 0 Å². The molecule has 2 fully saturated rings. The molecule has 0 spiro atoms. The summed E-state index contributed by atoms with van der Waals surface area (Å²) in [5, 5.41) is 9.09. The molecule has 0 bridgehead atoms. The molecule has 6 heteroatoms. The van der Waals surface area contributed by atoms with Crippen LogP contribution < -0.4 is 0 Å². The number of hydrogen-bond donors (Lipinski definition) is 1. The third-order valence-electron chi connectivity index (χ3n) is 5.11. The van der Waals surface area contributed by atoms with Crippen molar-refractivity contribution in [3.05, 3.63) is 0 Å². The SMILES string of the molecule is CCC1CCCCC1N1CCC(C(=O)O)(C(F)(F)F)C1. The molecule has 1 saturated heterocycles. The molecule has 1 saturated carbocycles. The van der Waals surface area contributed by atoms with Crippen molar-refractivity contribution >= 4 is 5.97 Å². The topological polar surface area (TPSA) is 40.5 Å². The molecule has 0 aromatic heterocycles. The van der Waals surface area contributed by atoms with E-state index in [9.17, 15) is 18.0 Å². The highest BCUT2D eigenvalue weighted by Gasteiger charge is 2.64. The zero-order valence-electron chi connectivity index (χ0n) is 11.7. The predicted octanol–water partition coefficient (Wildman–Crippen LogP) is 3.29. The fourth-order valence-electron chi connectivity index (χ4n) is 3.79. The average Bonchev–Trinajstić information content (AvgIpc) is 2.84. The number of carboxylic acids is 1. The lowest BCUT2D eigenvalue weighted by Crippen LogP contribution is -2.49. The Kier molecular flexibility index (Phi) is 4.33. The number of hydrogen-bond acceptors (Lipinski definition) is 2. The van der Waals surface area contributed by atoms with Crippen molar-refractivity contribution < 1.29 is 23.1 Å². The van der Waals surface area contributed by atoms with Crippen molar-refractivity contribution in [2.24, 2.45) is 11.3 Å². The molecule has 3 unspecified atom stereocenters. The van der Waals surface area contributed by atoms with Gasteiger partial charge in [0, 0.05) is 12.6 Å². The fourth-order valence-corrected chi connectivity index (χ4v) is 3.79. The number of nitrogens with zero attached hydrogens (tertiary/aromatic N) is 1. The van der Waals surface area contributed by atoms with E-state index in [0.29, 0.717) is 5.92 Å². The third kappa shape index (κ3) is 2.54. The van der Waals surface area contributed by atoms with Gasteiger partial charge in [-0.1, -0.05) is 26.2 Å². The van der Waals surface area contributed by atoms with Crippen LogP contribution in [-0.4, -0.2) is 41.3 Å². The maximum atomic E-state index is 13.2. The largest absolute Gasteiger partial charge is 0.481 e. The van der Waals surface area contributed by atoms with E-state index in [0.717, 1.165) is 32.1 Å². The van der Waals surface area contributed by atoms with Gasteiger partial charge in [0.25, 0.3) is 0 Å². The summed E-state index contributed by atoms with van der Waals surface area (Å²) in [4.78, 5) is 13.0. The van der Waals surface area contributed by atoms with Crippen LogP contribution in [0, 0.1) is 11.3 Å². The summed E-state index contributed by atoms with van der Waals surface area (Å²) in [6, 6.07) is 0.123. The van der Waals surface area contributed by atoms with Crippen LogP contribution in [0.2, 0.25) is 0 Å². The molecule has 3 atom stereocenters. The van der Waals surface area contributed by atoms with Gasteiger partial charge in [-0.25, -0.2) is 0 Å². The molecule has 0 aromatic carbocycles. The summed E-state index contributed by atoms with van der Waals surface area (Å²) in [5.41, 5.74) is -2.57. The number of carboxylic acid groups (broad SMARTS) is 1. The highest BCUT2D eigenvalue weighted by atomic mass is 19.4. The summed E-state index contributed by atoms with van der Waals surface area (Å²) in [7, 11) is 0. The number of halogens is 3. The molecule has 3 nitrogen and oxygen atoms in total. The van der Waals surface area contributed by atoms with Gasteiger partial charge in [0.2, 0.25) is 0 Å². The summed E-state index contributed by atoms with van der Waals surface area (Å²) in [6.45, 7) is 1.92. The van der Waals surface area contributed by atoms with E-state index < -0.39 is 17.6 Å². The zero-order valence-corrected chi connectivity index (χ0v) is 11.7. The van der Waals surface area contributed by atoms with Crippen molar-refractivity contribution in [3.63, 3.8) is 0 Å². The lowest BCUT2D eigenvalue weighted by molar-refractivity contribution is -0.228. The first-order valence-electron chi connectivity index (χ1n) is 7.36. The van der Waals surface area contributed by atoms with Crippen LogP contribution in [-0.2, 0) is 4.79 Å². The van der Waals surface area contributed by atoms with E-state index in [1.807, 2.05) is 0 Å². The molecule has 1 heterocycles. The highest BCUT2D eigenvalue weighted by Crippen LogP contribution is 2.47. The Balaban J connectivity index is 2.16. The maximum Gasteiger partial charge on any atom is 0.406 e. The standard InChI is InChI=1S/C14H22F3NO2/c1-2-10-5-3-4-6-11(10)18-8-7-13(9-18,12(19)20)14(15,16)17/h10-11H,2-9H2,1H3,(H,19,20). The summed E-state index contributed by atoms with van der Waals surface area (Å²) in [6.07, 6.45) is 0.0573. The van der Waals surface area contributed by atoms with Crippen LogP contribution in [0.3, 0.4) is 0 Å². The minimum atomic E-state index is -4.68. The number of rotatable bonds is 3. The normalized spacial score (nSPS) is 36.2. The second-order valence-corrected chi connectivity index (χ2v) is 6.13. The van der Waals surface area contributed by atoms with Gasteiger partial charge in [-0.3, -0.25) is 9.69 Å². The molecule has 0 aromatic rings. The molecule has 0 amide bonds.